The molecule has 1 amide bonds. The van der Waals surface area contributed by atoms with Gasteiger partial charge in [-0.1, -0.05) is 18.6 Å². The summed E-state index contributed by atoms with van der Waals surface area (Å²) < 4.78 is 7.82. The number of fused-ring (bicyclic) bond motifs is 1. The number of aryl methyl sites for hydroxylation is 1. The van der Waals surface area contributed by atoms with Crippen LogP contribution in [0.2, 0.25) is 0 Å². The van der Waals surface area contributed by atoms with E-state index in [1.54, 1.807) is 0 Å². The summed E-state index contributed by atoms with van der Waals surface area (Å²) in [6.45, 7) is 5.53. The molecule has 6 heteroatoms. The fourth-order valence-corrected chi connectivity index (χ4v) is 3.62. The smallest absolute Gasteiger partial charge is 0.255 e. The molecule has 4 rings (SSSR count). The monoisotopic (exact) mass is 404 g/mol. The van der Waals surface area contributed by atoms with E-state index in [0.717, 1.165) is 47.8 Å². The maximum atomic E-state index is 12.6. The van der Waals surface area contributed by atoms with Crippen LogP contribution in [0.5, 0.6) is 0 Å². The van der Waals surface area contributed by atoms with E-state index in [1.807, 2.05) is 62.4 Å². The fraction of sp³-hybridized carbons (Fsp3) is 0.375. The van der Waals surface area contributed by atoms with Crippen LogP contribution in [-0.2, 0) is 24.3 Å². The molecule has 1 N–H and O–H groups in total. The molecule has 0 aliphatic carbocycles. The second-order valence-corrected chi connectivity index (χ2v) is 7.99. The third-order valence-electron chi connectivity index (χ3n) is 5.31. The lowest BCUT2D eigenvalue weighted by Gasteiger charge is -2.10. The zero-order valence-corrected chi connectivity index (χ0v) is 17.6. The molecule has 0 radical (unpaired) electrons. The Labute approximate surface area is 177 Å². The highest BCUT2D eigenvalue weighted by atomic mass is 16.5. The van der Waals surface area contributed by atoms with E-state index in [4.69, 9.17) is 4.74 Å². The predicted octanol–water partition coefficient (Wildman–Crippen LogP) is 4.85. The second-order valence-electron chi connectivity index (χ2n) is 7.99. The number of ether oxygens (including phenoxy) is 1. The van der Waals surface area contributed by atoms with Crippen molar-refractivity contribution in [3.8, 4) is 11.4 Å². The van der Waals surface area contributed by atoms with Crippen molar-refractivity contribution >= 4 is 11.6 Å². The molecule has 3 aromatic rings. The molecule has 1 aliphatic heterocycles. The first-order valence-corrected chi connectivity index (χ1v) is 10.6. The third kappa shape index (κ3) is 4.76. The molecule has 0 bridgehead atoms. The van der Waals surface area contributed by atoms with Gasteiger partial charge in [-0.25, -0.2) is 0 Å². The highest BCUT2D eigenvalue weighted by Gasteiger charge is 2.16. The average Bonchev–Trinajstić information content (AvgIpc) is 3.01. The maximum absolute atomic E-state index is 12.6. The summed E-state index contributed by atoms with van der Waals surface area (Å²) in [6, 6.07) is 15.3. The number of hydrogen-bond acceptors (Lipinski definition) is 4. The highest BCUT2D eigenvalue weighted by Crippen LogP contribution is 2.24. The van der Waals surface area contributed by atoms with Crippen molar-refractivity contribution < 1.29 is 9.53 Å². The van der Waals surface area contributed by atoms with E-state index < -0.39 is 0 Å². The number of benzene rings is 2. The van der Waals surface area contributed by atoms with Gasteiger partial charge in [-0.2, -0.15) is 0 Å². The number of hydrogen-bond donors (Lipinski definition) is 1. The minimum absolute atomic E-state index is 0.129. The Morgan fingerprint density at radius 3 is 2.53 bits per heavy atom. The van der Waals surface area contributed by atoms with Gasteiger partial charge in [-0.05, 0) is 68.7 Å². The standard InChI is InChI=1S/C24H28N4O2/c1-17(2)30-16-18-7-9-20(10-8-18)24(29)25-21-13-11-19(12-14-21)23-27-26-22-6-4-3-5-15-28(22)23/h7-14,17H,3-6,15-16H2,1-2H3,(H,25,29). The molecule has 1 aromatic heterocycles. The van der Waals surface area contributed by atoms with Crippen LogP contribution in [0.3, 0.4) is 0 Å². The minimum atomic E-state index is -0.129. The zero-order chi connectivity index (χ0) is 20.9. The molecule has 0 saturated heterocycles. The van der Waals surface area contributed by atoms with E-state index in [0.29, 0.717) is 12.2 Å². The van der Waals surface area contributed by atoms with Crippen molar-refractivity contribution in [3.63, 3.8) is 0 Å². The van der Waals surface area contributed by atoms with Gasteiger partial charge < -0.3 is 14.6 Å². The van der Waals surface area contributed by atoms with Crippen LogP contribution >= 0.6 is 0 Å². The number of carbonyl (C=O) groups excluding carboxylic acids is 1. The Kier molecular flexibility index (Phi) is 6.23. The molecule has 30 heavy (non-hydrogen) atoms. The van der Waals surface area contributed by atoms with Crippen LogP contribution in [0.15, 0.2) is 48.5 Å². The number of aromatic nitrogens is 3. The Morgan fingerprint density at radius 1 is 1.03 bits per heavy atom. The molecule has 0 spiro atoms. The van der Waals surface area contributed by atoms with Crippen molar-refractivity contribution in [2.45, 2.75) is 58.8 Å². The molecule has 0 unspecified atom stereocenters. The Hall–Kier alpha value is -2.99. The van der Waals surface area contributed by atoms with Gasteiger partial charge in [0.05, 0.1) is 12.7 Å². The van der Waals surface area contributed by atoms with Crippen LogP contribution in [0.25, 0.3) is 11.4 Å². The SMILES string of the molecule is CC(C)OCc1ccc(C(=O)Nc2ccc(-c3nnc4n3CCCCC4)cc2)cc1. The summed E-state index contributed by atoms with van der Waals surface area (Å²) in [5.74, 6) is 1.85. The number of rotatable bonds is 6. The van der Waals surface area contributed by atoms with Crippen molar-refractivity contribution in [2.24, 2.45) is 0 Å². The summed E-state index contributed by atoms with van der Waals surface area (Å²) in [7, 11) is 0. The Bertz CT molecular complexity index is 991. The van der Waals surface area contributed by atoms with Gasteiger partial charge >= 0.3 is 0 Å². The number of nitrogens with one attached hydrogen (secondary N) is 1. The number of nitrogens with zero attached hydrogens (tertiary/aromatic N) is 3. The molecule has 6 nitrogen and oxygen atoms in total. The molecule has 2 heterocycles. The quantitative estimate of drug-likeness (QED) is 0.638. The van der Waals surface area contributed by atoms with Crippen LogP contribution in [-0.4, -0.2) is 26.8 Å². The minimum Gasteiger partial charge on any atom is -0.374 e. The van der Waals surface area contributed by atoms with Crippen molar-refractivity contribution in [2.75, 3.05) is 5.32 Å². The lowest BCUT2D eigenvalue weighted by molar-refractivity contribution is 0.0657. The first kappa shape index (κ1) is 20.3. The normalized spacial score (nSPS) is 13.7. The number of anilines is 1. The lowest BCUT2D eigenvalue weighted by atomic mass is 10.1. The average molecular weight is 405 g/mol. The molecule has 0 saturated carbocycles. The third-order valence-corrected chi connectivity index (χ3v) is 5.31. The Morgan fingerprint density at radius 2 is 1.80 bits per heavy atom. The van der Waals surface area contributed by atoms with E-state index in [1.165, 1.54) is 12.8 Å². The summed E-state index contributed by atoms with van der Waals surface area (Å²) in [6.07, 6.45) is 4.75. The second kappa shape index (κ2) is 9.22. The Balaban J connectivity index is 1.41. The largest absolute Gasteiger partial charge is 0.374 e. The molecule has 156 valence electrons. The van der Waals surface area contributed by atoms with Gasteiger partial charge in [0.1, 0.15) is 5.82 Å². The maximum Gasteiger partial charge on any atom is 0.255 e. The number of amides is 1. The van der Waals surface area contributed by atoms with E-state index in [-0.39, 0.29) is 12.0 Å². The van der Waals surface area contributed by atoms with E-state index >= 15 is 0 Å². The van der Waals surface area contributed by atoms with Gasteiger partial charge in [0.15, 0.2) is 5.82 Å². The summed E-state index contributed by atoms with van der Waals surface area (Å²) in [5, 5.41) is 11.7. The molecular weight excluding hydrogens is 376 g/mol. The lowest BCUT2D eigenvalue weighted by Crippen LogP contribution is -2.12. The highest BCUT2D eigenvalue weighted by molar-refractivity contribution is 6.04. The van der Waals surface area contributed by atoms with Crippen LogP contribution in [0.1, 0.15) is 54.9 Å². The summed E-state index contributed by atoms with van der Waals surface area (Å²) >= 11 is 0. The zero-order valence-electron chi connectivity index (χ0n) is 17.6. The predicted molar refractivity (Wildman–Crippen MR) is 117 cm³/mol. The van der Waals surface area contributed by atoms with Gasteiger partial charge in [-0.3, -0.25) is 4.79 Å². The van der Waals surface area contributed by atoms with Crippen molar-refractivity contribution in [1.29, 1.82) is 0 Å². The van der Waals surface area contributed by atoms with E-state index in [2.05, 4.69) is 20.1 Å². The molecule has 2 aromatic carbocycles. The van der Waals surface area contributed by atoms with Crippen LogP contribution in [0, 0.1) is 0 Å². The van der Waals surface area contributed by atoms with Gasteiger partial charge in [0, 0.05) is 29.8 Å². The molecular formula is C24H28N4O2. The van der Waals surface area contributed by atoms with Crippen molar-refractivity contribution in [3.05, 3.63) is 65.5 Å². The topological polar surface area (TPSA) is 69.0 Å². The van der Waals surface area contributed by atoms with Gasteiger partial charge in [0.25, 0.3) is 5.91 Å². The molecule has 1 aliphatic rings. The molecule has 0 atom stereocenters. The first-order valence-electron chi connectivity index (χ1n) is 10.6. The van der Waals surface area contributed by atoms with Crippen LogP contribution < -0.4 is 5.32 Å². The van der Waals surface area contributed by atoms with E-state index in [9.17, 15) is 4.79 Å². The molecule has 0 fully saturated rings. The van der Waals surface area contributed by atoms with Gasteiger partial charge in [-0.15, -0.1) is 10.2 Å². The van der Waals surface area contributed by atoms with Crippen molar-refractivity contribution in [1.82, 2.24) is 14.8 Å². The summed E-state index contributed by atoms with van der Waals surface area (Å²) in [5.41, 5.74) is 3.45. The summed E-state index contributed by atoms with van der Waals surface area (Å²) in [4.78, 5) is 12.6. The van der Waals surface area contributed by atoms with Crippen LogP contribution in [0.4, 0.5) is 5.69 Å². The first-order chi connectivity index (χ1) is 14.6. The fourth-order valence-electron chi connectivity index (χ4n) is 3.62. The number of carbonyl (C=O) groups is 1. The van der Waals surface area contributed by atoms with Gasteiger partial charge in [0.2, 0.25) is 0 Å².